The first kappa shape index (κ1) is 15.4. The summed E-state index contributed by atoms with van der Waals surface area (Å²) >= 11 is 0. The molecule has 1 nitrogen and oxygen atoms in total. The molecule has 2 unspecified atom stereocenters. The van der Waals surface area contributed by atoms with E-state index < -0.39 is 17.3 Å². The van der Waals surface area contributed by atoms with Gasteiger partial charge in [0.1, 0.15) is 0 Å². The minimum Gasteiger partial charge on any atom is -0.390 e. The highest BCUT2D eigenvalue weighted by Crippen LogP contribution is 2.38. The molecular formula is C16H21F3O. The molecule has 0 aliphatic heterocycles. The standard InChI is InChI=1S/C16H21F3O/c1-11-7-12(2)9-15(20,8-11)10-13-3-5-14(6-4-13)16(17,18)19/h3-6,11-12,20H,7-10H2,1-2H3. The Morgan fingerprint density at radius 1 is 1.10 bits per heavy atom. The molecule has 0 bridgehead atoms. The Labute approximate surface area is 117 Å². The molecule has 1 aromatic rings. The van der Waals surface area contributed by atoms with Crippen molar-refractivity contribution in [3.8, 4) is 0 Å². The molecule has 1 N–H and O–H groups in total. The van der Waals surface area contributed by atoms with Gasteiger partial charge in [-0.25, -0.2) is 0 Å². The van der Waals surface area contributed by atoms with Crippen LogP contribution in [0.4, 0.5) is 13.2 Å². The van der Waals surface area contributed by atoms with Gasteiger partial charge >= 0.3 is 6.18 Å². The molecule has 112 valence electrons. The zero-order valence-electron chi connectivity index (χ0n) is 11.9. The van der Waals surface area contributed by atoms with E-state index in [4.69, 9.17) is 0 Å². The fraction of sp³-hybridized carbons (Fsp3) is 0.625. The Hall–Kier alpha value is -1.03. The van der Waals surface area contributed by atoms with Crippen molar-refractivity contribution in [3.05, 3.63) is 35.4 Å². The van der Waals surface area contributed by atoms with Crippen LogP contribution in [0.5, 0.6) is 0 Å². The molecule has 4 heteroatoms. The van der Waals surface area contributed by atoms with Crippen LogP contribution in [0, 0.1) is 11.8 Å². The summed E-state index contributed by atoms with van der Waals surface area (Å²) in [5, 5.41) is 10.7. The van der Waals surface area contributed by atoms with Gasteiger partial charge in [0.2, 0.25) is 0 Å². The fourth-order valence-corrected chi connectivity index (χ4v) is 3.57. The van der Waals surface area contributed by atoms with Crippen molar-refractivity contribution in [1.29, 1.82) is 0 Å². The predicted molar refractivity (Wildman–Crippen MR) is 72.3 cm³/mol. The van der Waals surface area contributed by atoms with Gasteiger partial charge in [0.25, 0.3) is 0 Å². The summed E-state index contributed by atoms with van der Waals surface area (Å²) in [6.45, 7) is 4.24. The molecule has 1 saturated carbocycles. The highest BCUT2D eigenvalue weighted by Gasteiger charge is 2.36. The van der Waals surface area contributed by atoms with Gasteiger partial charge in [0.05, 0.1) is 11.2 Å². The van der Waals surface area contributed by atoms with Crippen LogP contribution in [-0.2, 0) is 12.6 Å². The molecule has 1 aliphatic rings. The minimum atomic E-state index is -4.30. The summed E-state index contributed by atoms with van der Waals surface area (Å²) in [7, 11) is 0. The molecule has 0 saturated heterocycles. The normalized spacial score (nSPS) is 31.3. The summed E-state index contributed by atoms with van der Waals surface area (Å²) in [6, 6.07) is 5.14. The van der Waals surface area contributed by atoms with Crippen molar-refractivity contribution in [2.24, 2.45) is 11.8 Å². The molecule has 1 aromatic carbocycles. The van der Waals surface area contributed by atoms with E-state index >= 15 is 0 Å². The number of benzene rings is 1. The number of rotatable bonds is 2. The summed E-state index contributed by atoms with van der Waals surface area (Å²) in [5.74, 6) is 0.913. The van der Waals surface area contributed by atoms with E-state index in [0.29, 0.717) is 18.3 Å². The quantitative estimate of drug-likeness (QED) is 0.852. The summed E-state index contributed by atoms with van der Waals surface area (Å²) in [6.07, 6.45) is -1.32. The van der Waals surface area contributed by atoms with E-state index in [2.05, 4.69) is 13.8 Å². The molecule has 0 spiro atoms. The lowest BCUT2D eigenvalue weighted by atomic mass is 9.71. The first-order valence-corrected chi connectivity index (χ1v) is 7.06. The second-order valence-electron chi connectivity index (χ2n) is 6.45. The van der Waals surface area contributed by atoms with Crippen LogP contribution in [0.25, 0.3) is 0 Å². The van der Waals surface area contributed by atoms with Crippen molar-refractivity contribution in [3.63, 3.8) is 0 Å². The van der Waals surface area contributed by atoms with E-state index in [-0.39, 0.29) is 0 Å². The summed E-state index contributed by atoms with van der Waals surface area (Å²) < 4.78 is 37.5. The van der Waals surface area contributed by atoms with Gasteiger partial charge < -0.3 is 5.11 Å². The van der Waals surface area contributed by atoms with Crippen molar-refractivity contribution in [2.45, 2.75) is 51.3 Å². The molecule has 1 aliphatic carbocycles. The first-order valence-electron chi connectivity index (χ1n) is 7.06. The van der Waals surface area contributed by atoms with E-state index in [1.165, 1.54) is 12.1 Å². The number of hydrogen-bond acceptors (Lipinski definition) is 1. The molecule has 20 heavy (non-hydrogen) atoms. The molecule has 2 rings (SSSR count). The average molecular weight is 286 g/mol. The highest BCUT2D eigenvalue weighted by molar-refractivity contribution is 5.25. The Morgan fingerprint density at radius 2 is 1.60 bits per heavy atom. The lowest BCUT2D eigenvalue weighted by Gasteiger charge is -2.39. The Morgan fingerprint density at radius 3 is 2.05 bits per heavy atom. The molecular weight excluding hydrogens is 265 g/mol. The second-order valence-corrected chi connectivity index (χ2v) is 6.45. The van der Waals surface area contributed by atoms with Crippen LogP contribution < -0.4 is 0 Å². The number of hydrogen-bond donors (Lipinski definition) is 1. The lowest BCUT2D eigenvalue weighted by Crippen LogP contribution is -2.39. The predicted octanol–water partition coefficient (Wildman–Crippen LogP) is 4.44. The minimum absolute atomic E-state index is 0.430. The molecule has 0 aromatic heterocycles. The van der Waals surface area contributed by atoms with Gasteiger partial charge in [-0.05, 0) is 48.8 Å². The third-order valence-corrected chi connectivity index (χ3v) is 4.08. The van der Waals surface area contributed by atoms with Crippen LogP contribution in [0.3, 0.4) is 0 Å². The maximum Gasteiger partial charge on any atom is 0.416 e. The third-order valence-electron chi connectivity index (χ3n) is 4.08. The Kier molecular flexibility index (Phi) is 4.14. The van der Waals surface area contributed by atoms with Crippen LogP contribution in [-0.4, -0.2) is 10.7 Å². The second kappa shape index (κ2) is 5.40. The van der Waals surface area contributed by atoms with Crippen molar-refractivity contribution >= 4 is 0 Å². The van der Waals surface area contributed by atoms with E-state index in [1.54, 1.807) is 0 Å². The topological polar surface area (TPSA) is 20.2 Å². The Balaban J connectivity index is 2.09. The van der Waals surface area contributed by atoms with Gasteiger partial charge in [-0.15, -0.1) is 0 Å². The summed E-state index contributed by atoms with van der Waals surface area (Å²) in [4.78, 5) is 0. The third kappa shape index (κ3) is 3.75. The van der Waals surface area contributed by atoms with Crippen molar-refractivity contribution < 1.29 is 18.3 Å². The number of halogens is 3. The van der Waals surface area contributed by atoms with Crippen LogP contribution in [0.15, 0.2) is 24.3 Å². The maximum atomic E-state index is 12.5. The highest BCUT2D eigenvalue weighted by atomic mass is 19.4. The molecule has 1 fully saturated rings. The number of aliphatic hydroxyl groups is 1. The fourth-order valence-electron chi connectivity index (χ4n) is 3.57. The maximum absolute atomic E-state index is 12.5. The van der Waals surface area contributed by atoms with Crippen molar-refractivity contribution in [2.75, 3.05) is 0 Å². The molecule has 0 radical (unpaired) electrons. The van der Waals surface area contributed by atoms with E-state index in [9.17, 15) is 18.3 Å². The Bertz CT molecular complexity index is 440. The average Bonchev–Trinajstić information content (AvgIpc) is 2.25. The smallest absolute Gasteiger partial charge is 0.390 e. The monoisotopic (exact) mass is 286 g/mol. The van der Waals surface area contributed by atoms with Gasteiger partial charge in [-0.1, -0.05) is 26.0 Å². The molecule has 2 atom stereocenters. The van der Waals surface area contributed by atoms with E-state index in [1.807, 2.05) is 0 Å². The van der Waals surface area contributed by atoms with E-state index in [0.717, 1.165) is 37.0 Å². The van der Waals surface area contributed by atoms with Gasteiger partial charge in [-0.2, -0.15) is 13.2 Å². The lowest BCUT2D eigenvalue weighted by molar-refractivity contribution is -0.137. The van der Waals surface area contributed by atoms with Crippen LogP contribution in [0.1, 0.15) is 44.2 Å². The van der Waals surface area contributed by atoms with Crippen molar-refractivity contribution in [1.82, 2.24) is 0 Å². The largest absolute Gasteiger partial charge is 0.416 e. The SMILES string of the molecule is CC1CC(C)CC(O)(Cc2ccc(C(F)(F)F)cc2)C1. The molecule has 0 heterocycles. The summed E-state index contributed by atoms with van der Waals surface area (Å²) in [5.41, 5.74) is -0.656. The zero-order valence-corrected chi connectivity index (χ0v) is 11.9. The first-order chi connectivity index (χ1) is 9.18. The van der Waals surface area contributed by atoms with Gasteiger partial charge in [0.15, 0.2) is 0 Å². The number of alkyl halides is 3. The van der Waals surface area contributed by atoms with Crippen LogP contribution in [0.2, 0.25) is 0 Å². The van der Waals surface area contributed by atoms with Gasteiger partial charge in [-0.3, -0.25) is 0 Å². The van der Waals surface area contributed by atoms with Crippen LogP contribution >= 0.6 is 0 Å². The van der Waals surface area contributed by atoms with Gasteiger partial charge in [0, 0.05) is 6.42 Å². The molecule has 0 amide bonds. The zero-order chi connectivity index (χ0) is 15.0.